The molecule has 0 amide bonds. The first-order valence-electron chi connectivity index (χ1n) is 7.52. The highest BCUT2D eigenvalue weighted by molar-refractivity contribution is 5.74. The Morgan fingerprint density at radius 2 is 2.35 bits per heavy atom. The van der Waals surface area contributed by atoms with E-state index in [9.17, 15) is 14.7 Å². The molecule has 1 saturated heterocycles. The molecule has 0 spiro atoms. The molecule has 4 atom stereocenters. The summed E-state index contributed by atoms with van der Waals surface area (Å²) in [6.45, 7) is 3.67. The summed E-state index contributed by atoms with van der Waals surface area (Å²) in [5.74, 6) is -0.128. The van der Waals surface area contributed by atoms with Crippen molar-refractivity contribution in [2.24, 2.45) is 5.92 Å². The maximum atomic E-state index is 11.8. The maximum Gasteiger partial charge on any atom is 0.499 e. The molecule has 7 N–H and O–H groups in total. The fourth-order valence-corrected chi connectivity index (χ4v) is 2.26. The van der Waals surface area contributed by atoms with Crippen molar-refractivity contribution in [2.75, 3.05) is 12.3 Å². The zero-order valence-corrected chi connectivity index (χ0v) is 13.3. The van der Waals surface area contributed by atoms with Crippen LogP contribution in [0, 0.1) is 5.92 Å². The number of aliphatic hydroxyl groups excluding tert-OH is 1. The molecule has 2 heterocycles. The van der Waals surface area contributed by atoms with Gasteiger partial charge in [0, 0.05) is 18.4 Å². The number of nitrogens with one attached hydrogen (secondary N) is 1. The molecule has 9 heteroatoms. The third kappa shape index (κ3) is 4.06. The molecule has 128 valence electrons. The number of H-pyrrole nitrogens is 1. The average molecular weight is 328 g/mol. The van der Waals surface area contributed by atoms with Crippen molar-refractivity contribution in [1.82, 2.24) is 4.98 Å². The maximum absolute atomic E-state index is 11.8. The minimum absolute atomic E-state index is 0.0635. The van der Waals surface area contributed by atoms with Gasteiger partial charge in [0.2, 0.25) is 6.23 Å². The Morgan fingerprint density at radius 1 is 1.65 bits per heavy atom. The lowest BCUT2D eigenvalue weighted by molar-refractivity contribution is -0.773. The number of hydrogen-bond acceptors (Lipinski definition) is 6. The van der Waals surface area contributed by atoms with Gasteiger partial charge in [0.1, 0.15) is 18.9 Å². The van der Waals surface area contributed by atoms with Crippen LogP contribution in [0.5, 0.6) is 0 Å². The Bertz CT molecular complexity index is 617. The number of aromatic amines is 1. The molecule has 1 aromatic heterocycles. The van der Waals surface area contributed by atoms with Gasteiger partial charge in [0.25, 0.3) is 0 Å². The molecule has 1 aromatic rings. The van der Waals surface area contributed by atoms with Gasteiger partial charge in [-0.15, -0.1) is 0 Å². The number of quaternary nitrogens is 1. The summed E-state index contributed by atoms with van der Waals surface area (Å²) in [4.78, 5) is 26.1. The summed E-state index contributed by atoms with van der Waals surface area (Å²) >= 11 is 0. The number of carbonyl (C=O) groups is 1. The monoisotopic (exact) mass is 328 g/mol. The molecule has 1 aliphatic heterocycles. The predicted molar refractivity (Wildman–Crippen MR) is 78.7 cm³/mol. The molecule has 2 unspecified atom stereocenters. The SMILES string of the molecule is CC(C)C([NH3+])C(=O)OCC1O[C@H]([n+]2ccc(N)[nH]c2=O)C[C@@H]1O. The minimum atomic E-state index is -0.834. The van der Waals surface area contributed by atoms with Crippen LogP contribution in [0.2, 0.25) is 0 Å². The summed E-state index contributed by atoms with van der Waals surface area (Å²) in [5, 5.41) is 10.0. The highest BCUT2D eigenvalue weighted by atomic mass is 16.6. The van der Waals surface area contributed by atoms with Crippen LogP contribution < -0.4 is 21.7 Å². The molecule has 0 bridgehead atoms. The van der Waals surface area contributed by atoms with Crippen LogP contribution in [0.3, 0.4) is 0 Å². The van der Waals surface area contributed by atoms with Gasteiger partial charge in [-0.1, -0.05) is 13.8 Å². The van der Waals surface area contributed by atoms with Crippen LogP contribution in [-0.4, -0.2) is 40.9 Å². The third-order valence-corrected chi connectivity index (χ3v) is 3.91. The molecule has 0 saturated carbocycles. The molecule has 23 heavy (non-hydrogen) atoms. The Hall–Kier alpha value is -1.97. The lowest BCUT2D eigenvalue weighted by atomic mass is 10.1. The summed E-state index contributed by atoms with van der Waals surface area (Å²) < 4.78 is 12.1. The van der Waals surface area contributed by atoms with E-state index in [0.717, 1.165) is 0 Å². The van der Waals surface area contributed by atoms with E-state index in [1.807, 2.05) is 13.8 Å². The van der Waals surface area contributed by atoms with Gasteiger partial charge in [-0.05, 0) is 0 Å². The zero-order valence-electron chi connectivity index (χ0n) is 13.3. The second-order valence-electron chi connectivity index (χ2n) is 6.02. The summed E-state index contributed by atoms with van der Waals surface area (Å²) in [6, 6.07) is 1.05. The van der Waals surface area contributed by atoms with E-state index >= 15 is 0 Å². The number of hydrogen-bond donors (Lipinski definition) is 4. The van der Waals surface area contributed by atoms with E-state index in [0.29, 0.717) is 0 Å². The van der Waals surface area contributed by atoms with Crippen molar-refractivity contribution < 1.29 is 29.7 Å². The van der Waals surface area contributed by atoms with Crippen molar-refractivity contribution in [1.29, 1.82) is 0 Å². The largest absolute Gasteiger partial charge is 0.499 e. The van der Waals surface area contributed by atoms with Crippen molar-refractivity contribution in [3.8, 4) is 0 Å². The number of nitrogens with two attached hydrogens (primary N) is 1. The zero-order chi connectivity index (χ0) is 17.1. The molecular weight excluding hydrogens is 304 g/mol. The molecule has 9 nitrogen and oxygen atoms in total. The first-order chi connectivity index (χ1) is 10.8. The van der Waals surface area contributed by atoms with Crippen LogP contribution in [-0.2, 0) is 14.3 Å². The molecule has 1 aliphatic rings. The molecule has 0 aromatic carbocycles. The van der Waals surface area contributed by atoms with Gasteiger partial charge in [0.15, 0.2) is 11.9 Å². The number of aliphatic hydroxyl groups is 1. The fraction of sp³-hybridized carbons (Fsp3) is 0.643. The highest BCUT2D eigenvalue weighted by Crippen LogP contribution is 2.24. The Morgan fingerprint density at radius 3 is 2.96 bits per heavy atom. The second-order valence-corrected chi connectivity index (χ2v) is 6.02. The first-order valence-corrected chi connectivity index (χ1v) is 7.52. The predicted octanol–water partition coefficient (Wildman–Crippen LogP) is -2.30. The van der Waals surface area contributed by atoms with E-state index in [-0.39, 0.29) is 24.8 Å². The van der Waals surface area contributed by atoms with Gasteiger partial charge in [0.05, 0.1) is 6.10 Å². The summed E-state index contributed by atoms with van der Waals surface area (Å²) in [5.41, 5.74) is 8.80. The fourth-order valence-electron chi connectivity index (χ4n) is 2.26. The molecule has 0 radical (unpaired) electrons. The van der Waals surface area contributed by atoms with E-state index in [2.05, 4.69) is 10.7 Å². The third-order valence-electron chi connectivity index (χ3n) is 3.91. The quantitative estimate of drug-likeness (QED) is 0.353. The van der Waals surface area contributed by atoms with Crippen LogP contribution >= 0.6 is 0 Å². The molecule has 1 fully saturated rings. The minimum Gasteiger partial charge on any atom is -0.458 e. The summed E-state index contributed by atoms with van der Waals surface area (Å²) in [6.07, 6.45) is -0.450. The molecule has 2 rings (SSSR count). The van der Waals surface area contributed by atoms with E-state index in [4.69, 9.17) is 15.2 Å². The number of aromatic nitrogens is 2. The van der Waals surface area contributed by atoms with Gasteiger partial charge in [-0.25, -0.2) is 4.79 Å². The van der Waals surface area contributed by atoms with Gasteiger partial charge >= 0.3 is 11.7 Å². The number of nitrogen functional groups attached to an aromatic ring is 1. The van der Waals surface area contributed by atoms with E-state index < -0.39 is 36.1 Å². The standard InChI is InChI=1S/C14H22N4O5/c1-7(2)12(16)13(20)22-6-9-8(19)5-11(23-9)18-4-3-10(15)17-14(18)21/h3-4,7-9,11-12,19H,5-6,16H2,1-2H3,(H2,15,17,21)/p+2/t8-,9?,11-,12?/m0/s1. The van der Waals surface area contributed by atoms with Gasteiger partial charge < -0.3 is 26.0 Å². The number of esters is 1. The number of rotatable bonds is 5. The molecule has 0 aliphatic carbocycles. The molecular formula is C14H24N4O5+2. The van der Waals surface area contributed by atoms with Gasteiger partial charge in [-0.3, -0.25) is 0 Å². The number of anilines is 1. The first kappa shape index (κ1) is 17.4. The van der Waals surface area contributed by atoms with Crippen molar-refractivity contribution in [3.05, 3.63) is 22.7 Å². The van der Waals surface area contributed by atoms with E-state index in [1.54, 1.807) is 0 Å². The average Bonchev–Trinajstić information content (AvgIpc) is 2.84. The number of ether oxygens (including phenoxy) is 2. The normalized spacial score (nSPS) is 25.5. The lowest BCUT2D eigenvalue weighted by Crippen LogP contribution is -2.68. The van der Waals surface area contributed by atoms with Crippen LogP contribution in [0.25, 0.3) is 0 Å². The smallest absolute Gasteiger partial charge is 0.458 e. The Kier molecular flexibility index (Phi) is 5.34. The second kappa shape index (κ2) is 7.07. The van der Waals surface area contributed by atoms with Crippen LogP contribution in [0.4, 0.5) is 5.82 Å². The number of nitrogens with zero attached hydrogens (tertiary/aromatic N) is 1. The van der Waals surface area contributed by atoms with Crippen LogP contribution in [0.15, 0.2) is 17.1 Å². The highest BCUT2D eigenvalue weighted by Gasteiger charge is 2.39. The number of carbonyl (C=O) groups excluding carboxylic acids is 1. The Labute approximate surface area is 133 Å². The van der Waals surface area contributed by atoms with Crippen LogP contribution in [0.1, 0.15) is 26.5 Å². The topological polar surface area (TPSA) is 146 Å². The van der Waals surface area contributed by atoms with Crippen molar-refractivity contribution >= 4 is 11.8 Å². The lowest BCUT2D eigenvalue weighted by Gasteiger charge is -2.16. The summed E-state index contributed by atoms with van der Waals surface area (Å²) in [7, 11) is 0. The Balaban J connectivity index is 1.96. The van der Waals surface area contributed by atoms with Crippen molar-refractivity contribution in [2.45, 2.75) is 44.7 Å². The van der Waals surface area contributed by atoms with Gasteiger partial charge in [-0.2, -0.15) is 14.3 Å². The van der Waals surface area contributed by atoms with Crippen molar-refractivity contribution in [3.63, 3.8) is 0 Å². The van der Waals surface area contributed by atoms with E-state index in [1.165, 1.54) is 16.8 Å².